The number of rotatable bonds is 1. The molecule has 0 atom stereocenters. The highest BCUT2D eigenvalue weighted by molar-refractivity contribution is 6.36. The number of nitrogens with one attached hydrogen (secondary N) is 1. The average Bonchev–Trinajstić information content (AvgIpc) is 2.78. The molecule has 0 aliphatic rings. The lowest BCUT2D eigenvalue weighted by molar-refractivity contribution is 0.420. The summed E-state index contributed by atoms with van der Waals surface area (Å²) in [6.45, 7) is 6.65. The van der Waals surface area contributed by atoms with Gasteiger partial charge in [0.15, 0.2) is 0 Å². The molecule has 0 aliphatic heterocycles. The van der Waals surface area contributed by atoms with Gasteiger partial charge in [-0.2, -0.15) is 0 Å². The molecule has 0 aliphatic carbocycles. The minimum Gasteiger partial charge on any atom is -0.496 e. The molecule has 0 spiro atoms. The van der Waals surface area contributed by atoms with Gasteiger partial charge in [0, 0.05) is 10.9 Å². The number of benzene rings is 2. The van der Waals surface area contributed by atoms with E-state index in [0.29, 0.717) is 5.02 Å². The molecule has 0 saturated carbocycles. The minimum absolute atomic E-state index is 0.115. The van der Waals surface area contributed by atoms with Crippen molar-refractivity contribution in [2.75, 3.05) is 7.11 Å². The van der Waals surface area contributed by atoms with E-state index in [1.807, 2.05) is 12.1 Å². The molecule has 1 heterocycles. The van der Waals surface area contributed by atoms with Gasteiger partial charge in [0.1, 0.15) is 5.75 Å². The van der Waals surface area contributed by atoms with E-state index in [9.17, 15) is 0 Å². The van der Waals surface area contributed by atoms with Crippen molar-refractivity contribution in [1.29, 1.82) is 0 Å². The molecule has 3 rings (SSSR count). The number of H-pyrrole nitrogens is 1. The number of hydrogen-bond donors (Lipinski definition) is 1. The molecule has 0 bridgehead atoms. The normalized spacial score (nSPS) is 12.2. The molecular weight excluding hydrogens is 270 g/mol. The predicted molar refractivity (Wildman–Crippen MR) is 86.1 cm³/mol. The quantitative estimate of drug-likeness (QED) is 0.647. The molecule has 1 aromatic heterocycles. The van der Waals surface area contributed by atoms with Crippen LogP contribution in [0.2, 0.25) is 5.02 Å². The van der Waals surface area contributed by atoms with Crippen molar-refractivity contribution in [3.05, 3.63) is 40.9 Å². The fraction of sp³-hybridized carbons (Fsp3) is 0.294. The first kappa shape index (κ1) is 13.3. The van der Waals surface area contributed by atoms with Gasteiger partial charge in [-0.3, -0.25) is 0 Å². The van der Waals surface area contributed by atoms with E-state index in [-0.39, 0.29) is 5.41 Å². The summed E-state index contributed by atoms with van der Waals surface area (Å²) >= 11 is 6.30. The van der Waals surface area contributed by atoms with E-state index in [2.05, 4.69) is 44.0 Å². The Morgan fingerprint density at radius 2 is 1.85 bits per heavy atom. The lowest BCUT2D eigenvalue weighted by Crippen LogP contribution is -2.10. The highest BCUT2D eigenvalue weighted by Gasteiger charge is 2.17. The largest absolute Gasteiger partial charge is 0.496 e. The van der Waals surface area contributed by atoms with Crippen LogP contribution in [0.4, 0.5) is 0 Å². The Bertz CT molecular complexity index is 796. The first-order valence-corrected chi connectivity index (χ1v) is 7.08. The summed E-state index contributed by atoms with van der Waals surface area (Å²) in [7, 11) is 1.69. The Balaban J connectivity index is 2.44. The molecule has 0 unspecified atom stereocenters. The molecule has 1 N–H and O–H groups in total. The molecule has 0 amide bonds. The van der Waals surface area contributed by atoms with Crippen molar-refractivity contribution < 1.29 is 4.74 Å². The first-order valence-electron chi connectivity index (χ1n) is 6.70. The summed E-state index contributed by atoms with van der Waals surface area (Å²) < 4.78 is 5.50. The number of methoxy groups -OCH3 is 1. The maximum atomic E-state index is 6.30. The van der Waals surface area contributed by atoms with E-state index in [4.69, 9.17) is 16.3 Å². The average molecular weight is 288 g/mol. The van der Waals surface area contributed by atoms with Crippen molar-refractivity contribution in [3.63, 3.8) is 0 Å². The van der Waals surface area contributed by atoms with Gasteiger partial charge in [-0.05, 0) is 35.2 Å². The van der Waals surface area contributed by atoms with Crippen LogP contribution < -0.4 is 4.74 Å². The third kappa shape index (κ3) is 1.95. The summed E-state index contributed by atoms with van der Waals surface area (Å²) in [5.74, 6) is 0.849. The third-order valence-corrected chi connectivity index (χ3v) is 4.07. The van der Waals surface area contributed by atoms with Gasteiger partial charge in [0.25, 0.3) is 0 Å². The number of aromatic nitrogens is 1. The van der Waals surface area contributed by atoms with Crippen molar-refractivity contribution in [3.8, 4) is 5.75 Å². The van der Waals surface area contributed by atoms with E-state index >= 15 is 0 Å². The number of hydrogen-bond acceptors (Lipinski definition) is 1. The molecule has 0 saturated heterocycles. The van der Waals surface area contributed by atoms with Crippen LogP contribution in [0.3, 0.4) is 0 Å². The third-order valence-electron chi connectivity index (χ3n) is 3.75. The van der Waals surface area contributed by atoms with Gasteiger partial charge in [0.05, 0.1) is 23.0 Å². The summed E-state index contributed by atoms with van der Waals surface area (Å²) in [6, 6.07) is 10.3. The van der Waals surface area contributed by atoms with Crippen LogP contribution in [-0.4, -0.2) is 12.1 Å². The fourth-order valence-corrected chi connectivity index (χ4v) is 2.78. The first-order chi connectivity index (χ1) is 9.41. The molecular formula is C17H18ClNO. The maximum Gasteiger partial charge on any atom is 0.128 e. The zero-order valence-electron chi connectivity index (χ0n) is 12.2. The maximum absolute atomic E-state index is 6.30. The molecule has 2 aromatic carbocycles. The highest BCUT2D eigenvalue weighted by atomic mass is 35.5. The summed E-state index contributed by atoms with van der Waals surface area (Å²) in [4.78, 5) is 3.39. The van der Waals surface area contributed by atoms with E-state index in [0.717, 1.165) is 27.6 Å². The molecule has 0 fully saturated rings. The molecule has 2 nitrogen and oxygen atoms in total. The Morgan fingerprint density at radius 3 is 2.50 bits per heavy atom. The molecule has 3 heteroatoms. The number of fused-ring (bicyclic) bond motifs is 3. The van der Waals surface area contributed by atoms with Crippen LogP contribution in [0.1, 0.15) is 26.3 Å². The fourth-order valence-electron chi connectivity index (χ4n) is 2.58. The second kappa shape index (κ2) is 4.42. The Labute approximate surface area is 123 Å². The van der Waals surface area contributed by atoms with Crippen LogP contribution in [0.15, 0.2) is 30.3 Å². The number of ether oxygens (including phenoxy) is 1. The zero-order valence-corrected chi connectivity index (χ0v) is 12.9. The van der Waals surface area contributed by atoms with Gasteiger partial charge in [-0.25, -0.2) is 0 Å². The van der Waals surface area contributed by atoms with Crippen molar-refractivity contribution in [1.82, 2.24) is 4.98 Å². The van der Waals surface area contributed by atoms with Gasteiger partial charge < -0.3 is 9.72 Å². The summed E-state index contributed by atoms with van der Waals surface area (Å²) in [5.41, 5.74) is 3.43. The summed E-state index contributed by atoms with van der Waals surface area (Å²) in [5, 5.41) is 2.93. The van der Waals surface area contributed by atoms with Crippen LogP contribution >= 0.6 is 11.6 Å². The Morgan fingerprint density at radius 1 is 1.10 bits per heavy atom. The second-order valence-electron chi connectivity index (χ2n) is 6.14. The highest BCUT2D eigenvalue weighted by Crippen LogP contribution is 2.38. The zero-order chi connectivity index (χ0) is 14.5. The SMILES string of the molecule is COc1ccc(Cl)c2[nH]c3ccc(C(C)(C)C)cc3c12. The van der Waals surface area contributed by atoms with E-state index in [1.165, 1.54) is 5.56 Å². The lowest BCUT2D eigenvalue weighted by Gasteiger charge is -2.19. The summed E-state index contributed by atoms with van der Waals surface area (Å²) in [6.07, 6.45) is 0. The van der Waals surface area contributed by atoms with Crippen LogP contribution in [-0.2, 0) is 5.41 Å². The monoisotopic (exact) mass is 287 g/mol. The number of aromatic amines is 1. The lowest BCUT2D eigenvalue weighted by atomic mass is 9.86. The molecule has 104 valence electrons. The van der Waals surface area contributed by atoms with Gasteiger partial charge in [-0.15, -0.1) is 0 Å². The Kier molecular flexibility index (Phi) is 2.94. The smallest absolute Gasteiger partial charge is 0.128 e. The molecule has 0 radical (unpaired) electrons. The van der Waals surface area contributed by atoms with Gasteiger partial charge in [-0.1, -0.05) is 38.4 Å². The van der Waals surface area contributed by atoms with E-state index in [1.54, 1.807) is 7.11 Å². The Hall–Kier alpha value is -1.67. The van der Waals surface area contributed by atoms with Crippen molar-refractivity contribution in [2.45, 2.75) is 26.2 Å². The topological polar surface area (TPSA) is 25.0 Å². The predicted octanol–water partition coefficient (Wildman–Crippen LogP) is 5.28. The van der Waals surface area contributed by atoms with Crippen LogP contribution in [0.5, 0.6) is 5.75 Å². The van der Waals surface area contributed by atoms with Crippen LogP contribution in [0.25, 0.3) is 21.8 Å². The van der Waals surface area contributed by atoms with Crippen molar-refractivity contribution in [2.24, 2.45) is 0 Å². The van der Waals surface area contributed by atoms with Crippen molar-refractivity contribution >= 4 is 33.4 Å². The molecule has 20 heavy (non-hydrogen) atoms. The standard InChI is InChI=1S/C17H18ClNO/c1-17(2,3)10-5-7-13-11(9-10)15-14(20-4)8-6-12(18)16(15)19-13/h5-9,19H,1-4H3. The molecule has 3 aromatic rings. The minimum atomic E-state index is 0.115. The second-order valence-corrected chi connectivity index (χ2v) is 6.54. The number of halogens is 1. The van der Waals surface area contributed by atoms with Gasteiger partial charge in [0.2, 0.25) is 0 Å². The van der Waals surface area contributed by atoms with Gasteiger partial charge >= 0.3 is 0 Å². The van der Waals surface area contributed by atoms with E-state index < -0.39 is 0 Å². The van der Waals surface area contributed by atoms with Crippen LogP contribution in [0, 0.1) is 0 Å².